The summed E-state index contributed by atoms with van der Waals surface area (Å²) >= 11 is 0. The van der Waals surface area contributed by atoms with Gasteiger partial charge in [0.15, 0.2) is 0 Å². The second-order valence-electron chi connectivity index (χ2n) is 5.80. The molecule has 1 fully saturated rings. The van der Waals surface area contributed by atoms with Crippen LogP contribution in [-0.2, 0) is 0 Å². The van der Waals surface area contributed by atoms with Crippen molar-refractivity contribution in [2.45, 2.75) is 60.8 Å². The Balaban J connectivity index is 3.07. The minimum absolute atomic E-state index is 0.506. The quantitative estimate of drug-likeness (QED) is 0.513. The Morgan fingerprint density at radius 3 is 1.86 bits per heavy atom. The molecule has 14 heavy (non-hydrogen) atoms. The van der Waals surface area contributed by atoms with Crippen molar-refractivity contribution in [2.24, 2.45) is 5.41 Å². The molecule has 1 rings (SSSR count). The largest absolute Gasteiger partial charge is 0.0730 e. The molecule has 0 amide bonds. The van der Waals surface area contributed by atoms with Crippen molar-refractivity contribution < 1.29 is 0 Å². The van der Waals surface area contributed by atoms with Crippen LogP contribution in [0.5, 0.6) is 0 Å². The van der Waals surface area contributed by atoms with Crippen LogP contribution in [0.4, 0.5) is 0 Å². The van der Waals surface area contributed by atoms with Gasteiger partial charge in [0.2, 0.25) is 0 Å². The van der Waals surface area contributed by atoms with Crippen LogP contribution in [0.25, 0.3) is 0 Å². The van der Waals surface area contributed by atoms with Crippen LogP contribution in [0.2, 0.25) is 0 Å². The summed E-state index contributed by atoms with van der Waals surface area (Å²) in [5, 5.41) is 0. The molecule has 0 nitrogen and oxygen atoms in total. The first-order chi connectivity index (χ1) is 6.33. The first-order valence-corrected chi connectivity index (χ1v) is 5.66. The predicted octanol–water partition coefficient (Wildman–Crippen LogP) is 4.87. The highest BCUT2D eigenvalue weighted by molar-refractivity contribution is 5.39. The van der Waals surface area contributed by atoms with Crippen molar-refractivity contribution in [1.82, 2.24) is 0 Å². The molecule has 0 aromatic carbocycles. The van der Waals surface area contributed by atoms with Gasteiger partial charge in [-0.3, -0.25) is 0 Å². The van der Waals surface area contributed by atoms with E-state index >= 15 is 0 Å². The van der Waals surface area contributed by atoms with Crippen LogP contribution >= 0.6 is 0 Å². The Hall–Kier alpha value is -0.520. The molecule has 0 saturated heterocycles. The van der Waals surface area contributed by atoms with Crippen molar-refractivity contribution >= 4 is 0 Å². The van der Waals surface area contributed by atoms with Gasteiger partial charge >= 0.3 is 0 Å². The van der Waals surface area contributed by atoms with Gasteiger partial charge in [-0.1, -0.05) is 25.0 Å². The van der Waals surface area contributed by atoms with Crippen molar-refractivity contribution in [1.29, 1.82) is 0 Å². The summed E-state index contributed by atoms with van der Waals surface area (Å²) in [5.41, 5.74) is 6.78. The van der Waals surface area contributed by atoms with Gasteiger partial charge < -0.3 is 0 Å². The monoisotopic (exact) mass is 192 g/mol. The third-order valence-electron chi connectivity index (χ3n) is 3.28. The average molecular weight is 192 g/mol. The van der Waals surface area contributed by atoms with Gasteiger partial charge in [-0.15, -0.1) is 0 Å². The Morgan fingerprint density at radius 2 is 1.43 bits per heavy atom. The highest BCUT2D eigenvalue weighted by Crippen LogP contribution is 2.43. The minimum Gasteiger partial charge on any atom is -0.0730 e. The normalized spacial score (nSPS) is 21.0. The Kier molecular flexibility index (Phi) is 3.24. The van der Waals surface area contributed by atoms with Gasteiger partial charge in [0.1, 0.15) is 0 Å². The second-order valence-corrected chi connectivity index (χ2v) is 5.80. The van der Waals surface area contributed by atoms with Crippen molar-refractivity contribution in [3.63, 3.8) is 0 Å². The molecule has 0 radical (unpaired) electrons. The van der Waals surface area contributed by atoms with Crippen LogP contribution in [-0.4, -0.2) is 0 Å². The molecule has 0 heteroatoms. The highest BCUT2D eigenvalue weighted by atomic mass is 14.3. The summed E-state index contributed by atoms with van der Waals surface area (Å²) in [6, 6.07) is 0. The van der Waals surface area contributed by atoms with E-state index in [0.717, 1.165) is 0 Å². The van der Waals surface area contributed by atoms with Crippen LogP contribution in [0.15, 0.2) is 22.3 Å². The van der Waals surface area contributed by atoms with E-state index in [0.29, 0.717) is 5.41 Å². The van der Waals surface area contributed by atoms with Crippen LogP contribution in [0.3, 0.4) is 0 Å². The minimum atomic E-state index is 0.506. The maximum Gasteiger partial charge on any atom is -0.0225 e. The van der Waals surface area contributed by atoms with Crippen molar-refractivity contribution in [2.75, 3.05) is 0 Å². The van der Waals surface area contributed by atoms with E-state index in [4.69, 9.17) is 0 Å². The van der Waals surface area contributed by atoms with Crippen LogP contribution in [0, 0.1) is 5.41 Å². The Morgan fingerprint density at radius 1 is 0.929 bits per heavy atom. The molecule has 0 unspecified atom stereocenters. The molecule has 80 valence electrons. The maximum atomic E-state index is 2.39. The molecule has 0 N–H and O–H groups in total. The van der Waals surface area contributed by atoms with E-state index in [1.54, 1.807) is 11.1 Å². The Labute approximate surface area is 89.1 Å². The Bertz CT molecular complexity index is 279. The van der Waals surface area contributed by atoms with Gasteiger partial charge in [0.05, 0.1) is 0 Å². The summed E-state index contributed by atoms with van der Waals surface area (Å²) < 4.78 is 0. The van der Waals surface area contributed by atoms with E-state index in [-0.39, 0.29) is 0 Å². The van der Waals surface area contributed by atoms with Gasteiger partial charge in [-0.25, -0.2) is 0 Å². The summed E-state index contributed by atoms with van der Waals surface area (Å²) in [5.74, 6) is 0. The van der Waals surface area contributed by atoms with Crippen molar-refractivity contribution in [3.05, 3.63) is 22.3 Å². The summed E-state index contributed by atoms with van der Waals surface area (Å²) in [7, 11) is 0. The van der Waals surface area contributed by atoms with Gasteiger partial charge in [-0.05, 0) is 63.5 Å². The molecular formula is C14H24. The molecule has 0 bridgehead atoms. The smallest absolute Gasteiger partial charge is 0.0225 e. The molecule has 0 spiro atoms. The summed E-state index contributed by atoms with van der Waals surface area (Å²) in [6.45, 7) is 13.8. The number of hydrogen-bond donors (Lipinski definition) is 0. The fourth-order valence-electron chi connectivity index (χ4n) is 2.32. The molecule has 1 aliphatic rings. The molecule has 1 saturated carbocycles. The van der Waals surface area contributed by atoms with Gasteiger partial charge in [-0.2, -0.15) is 0 Å². The predicted molar refractivity (Wildman–Crippen MR) is 64.4 cm³/mol. The fraction of sp³-hybridized carbons (Fsp3) is 0.714. The topological polar surface area (TPSA) is 0 Å². The standard InChI is InChI=1S/C14H24/c1-10(2)12-7-8-14(5,6)9-13(12)11(3)4/h7-9H2,1-6H3. The SMILES string of the molecule is CC(C)=C1CCC(C)(C)CC1=C(C)C. The molecule has 0 aliphatic heterocycles. The number of rotatable bonds is 0. The van der Waals surface area contributed by atoms with Crippen LogP contribution < -0.4 is 0 Å². The first kappa shape index (κ1) is 11.6. The lowest BCUT2D eigenvalue weighted by Crippen LogP contribution is -2.20. The first-order valence-electron chi connectivity index (χ1n) is 5.66. The lowest BCUT2D eigenvalue weighted by molar-refractivity contribution is 0.311. The number of allylic oxidation sites excluding steroid dienone is 4. The number of hydrogen-bond acceptors (Lipinski definition) is 0. The van der Waals surface area contributed by atoms with E-state index in [2.05, 4.69) is 41.5 Å². The molecular weight excluding hydrogens is 168 g/mol. The van der Waals surface area contributed by atoms with Gasteiger partial charge in [0.25, 0.3) is 0 Å². The van der Waals surface area contributed by atoms with E-state index < -0.39 is 0 Å². The molecule has 0 aromatic heterocycles. The zero-order chi connectivity index (χ0) is 10.9. The van der Waals surface area contributed by atoms with Crippen LogP contribution in [0.1, 0.15) is 60.8 Å². The molecule has 0 atom stereocenters. The molecule has 0 aromatic rings. The summed E-state index contributed by atoms with van der Waals surface area (Å²) in [4.78, 5) is 0. The van der Waals surface area contributed by atoms with E-state index in [1.165, 1.54) is 30.4 Å². The third kappa shape index (κ3) is 2.50. The van der Waals surface area contributed by atoms with Gasteiger partial charge in [0, 0.05) is 0 Å². The zero-order valence-electron chi connectivity index (χ0n) is 10.6. The third-order valence-corrected chi connectivity index (χ3v) is 3.28. The molecule has 0 heterocycles. The lowest BCUT2D eigenvalue weighted by atomic mass is 9.71. The van der Waals surface area contributed by atoms with E-state index in [1.807, 2.05) is 0 Å². The van der Waals surface area contributed by atoms with Crippen molar-refractivity contribution in [3.8, 4) is 0 Å². The summed E-state index contributed by atoms with van der Waals surface area (Å²) in [6.07, 6.45) is 3.87. The average Bonchev–Trinajstić information content (AvgIpc) is 2.01. The second kappa shape index (κ2) is 3.92. The lowest BCUT2D eigenvalue weighted by Gasteiger charge is -2.34. The highest BCUT2D eigenvalue weighted by Gasteiger charge is 2.27. The zero-order valence-corrected chi connectivity index (χ0v) is 10.6. The van der Waals surface area contributed by atoms with E-state index in [9.17, 15) is 0 Å². The fourth-order valence-corrected chi connectivity index (χ4v) is 2.32. The maximum absolute atomic E-state index is 2.39. The molecule has 1 aliphatic carbocycles.